The third kappa shape index (κ3) is 2.41. The van der Waals surface area contributed by atoms with E-state index >= 15 is 0 Å². The molecule has 2 heterocycles. The smallest absolute Gasteiger partial charge is 0.186 e. The lowest BCUT2D eigenvalue weighted by atomic mass is 10.1. The lowest BCUT2D eigenvalue weighted by Gasteiger charge is -2.24. The molecule has 1 aliphatic heterocycles. The van der Waals surface area contributed by atoms with Gasteiger partial charge in [0.05, 0.1) is 5.69 Å². The number of hydrogen-bond acceptors (Lipinski definition) is 4. The standard InChI is InChI=1S/C10H15FN4/c1-7-9(11)10(14-6-13-7)15-8-3-2-4-12-5-8/h6,8,12H,2-5H2,1H3,(H,13,14,15). The Morgan fingerprint density at radius 1 is 1.53 bits per heavy atom. The highest BCUT2D eigenvalue weighted by Gasteiger charge is 2.15. The second-order valence-electron chi connectivity index (χ2n) is 3.81. The molecule has 1 fully saturated rings. The maximum absolute atomic E-state index is 13.5. The summed E-state index contributed by atoms with van der Waals surface area (Å²) < 4.78 is 13.5. The van der Waals surface area contributed by atoms with Gasteiger partial charge in [-0.3, -0.25) is 0 Å². The third-order valence-electron chi connectivity index (χ3n) is 2.60. The Bertz CT molecular complexity index is 336. The summed E-state index contributed by atoms with van der Waals surface area (Å²) in [6.45, 7) is 3.55. The van der Waals surface area contributed by atoms with Crippen LogP contribution in [0.2, 0.25) is 0 Å². The van der Waals surface area contributed by atoms with Crippen molar-refractivity contribution in [2.75, 3.05) is 18.4 Å². The van der Waals surface area contributed by atoms with Crippen LogP contribution >= 0.6 is 0 Å². The van der Waals surface area contributed by atoms with Gasteiger partial charge in [0.1, 0.15) is 6.33 Å². The number of halogens is 1. The third-order valence-corrected chi connectivity index (χ3v) is 2.60. The number of anilines is 1. The van der Waals surface area contributed by atoms with E-state index in [1.54, 1.807) is 6.92 Å². The molecular weight excluding hydrogens is 195 g/mol. The van der Waals surface area contributed by atoms with E-state index in [0.717, 1.165) is 25.9 Å². The van der Waals surface area contributed by atoms with E-state index in [-0.39, 0.29) is 11.9 Å². The molecule has 0 saturated carbocycles. The number of nitrogens with one attached hydrogen (secondary N) is 2. The zero-order valence-corrected chi connectivity index (χ0v) is 8.76. The van der Waals surface area contributed by atoms with Gasteiger partial charge < -0.3 is 10.6 Å². The molecule has 1 aliphatic rings. The highest BCUT2D eigenvalue weighted by Crippen LogP contribution is 2.15. The molecule has 1 unspecified atom stereocenters. The molecule has 0 amide bonds. The summed E-state index contributed by atoms with van der Waals surface area (Å²) in [5, 5.41) is 6.36. The van der Waals surface area contributed by atoms with E-state index in [4.69, 9.17) is 0 Å². The number of aryl methyl sites for hydroxylation is 1. The molecule has 0 aromatic carbocycles. The molecule has 1 aromatic heterocycles. The fourth-order valence-corrected chi connectivity index (χ4v) is 1.73. The van der Waals surface area contributed by atoms with Crippen molar-refractivity contribution in [1.82, 2.24) is 15.3 Å². The predicted molar refractivity (Wildman–Crippen MR) is 56.2 cm³/mol. The summed E-state index contributed by atoms with van der Waals surface area (Å²) in [4.78, 5) is 7.70. The quantitative estimate of drug-likeness (QED) is 0.767. The first-order valence-electron chi connectivity index (χ1n) is 5.21. The van der Waals surface area contributed by atoms with Crippen molar-refractivity contribution >= 4 is 5.82 Å². The molecule has 0 bridgehead atoms. The molecule has 4 nitrogen and oxygen atoms in total. The van der Waals surface area contributed by atoms with Crippen LogP contribution in [0.25, 0.3) is 0 Å². The molecule has 2 rings (SSSR count). The van der Waals surface area contributed by atoms with Gasteiger partial charge in [0.15, 0.2) is 11.6 Å². The van der Waals surface area contributed by atoms with Gasteiger partial charge in [-0.15, -0.1) is 0 Å². The summed E-state index contributed by atoms with van der Waals surface area (Å²) in [5.74, 6) is -0.0285. The van der Waals surface area contributed by atoms with Crippen molar-refractivity contribution in [2.45, 2.75) is 25.8 Å². The topological polar surface area (TPSA) is 49.8 Å². The average Bonchev–Trinajstić information content (AvgIpc) is 2.26. The fraction of sp³-hybridized carbons (Fsp3) is 0.600. The molecule has 0 spiro atoms. The van der Waals surface area contributed by atoms with Crippen LogP contribution in [0.3, 0.4) is 0 Å². The molecule has 2 N–H and O–H groups in total. The monoisotopic (exact) mass is 210 g/mol. The minimum atomic E-state index is -0.344. The Hall–Kier alpha value is -1.23. The number of aromatic nitrogens is 2. The molecule has 0 radical (unpaired) electrons. The fourth-order valence-electron chi connectivity index (χ4n) is 1.73. The van der Waals surface area contributed by atoms with Crippen molar-refractivity contribution in [2.24, 2.45) is 0 Å². The Kier molecular flexibility index (Phi) is 3.11. The van der Waals surface area contributed by atoms with Gasteiger partial charge in [-0.2, -0.15) is 0 Å². The van der Waals surface area contributed by atoms with Gasteiger partial charge in [0.2, 0.25) is 0 Å². The average molecular weight is 210 g/mol. The van der Waals surface area contributed by atoms with Crippen molar-refractivity contribution in [1.29, 1.82) is 0 Å². The minimum absolute atomic E-state index is 0.266. The molecule has 15 heavy (non-hydrogen) atoms. The van der Waals surface area contributed by atoms with E-state index in [9.17, 15) is 4.39 Å². The largest absolute Gasteiger partial charge is 0.364 e. The highest BCUT2D eigenvalue weighted by atomic mass is 19.1. The van der Waals surface area contributed by atoms with Crippen molar-refractivity contribution in [3.8, 4) is 0 Å². The molecule has 1 aromatic rings. The number of hydrogen-bond donors (Lipinski definition) is 2. The highest BCUT2D eigenvalue weighted by molar-refractivity contribution is 5.38. The van der Waals surface area contributed by atoms with Crippen LogP contribution < -0.4 is 10.6 Å². The Balaban J connectivity index is 2.06. The molecule has 1 saturated heterocycles. The first-order valence-corrected chi connectivity index (χ1v) is 5.21. The molecule has 82 valence electrons. The van der Waals surface area contributed by atoms with Gasteiger partial charge in [-0.05, 0) is 26.3 Å². The first kappa shape index (κ1) is 10.3. The molecule has 5 heteroatoms. The summed E-state index contributed by atoms with van der Waals surface area (Å²) >= 11 is 0. The second-order valence-corrected chi connectivity index (χ2v) is 3.81. The maximum atomic E-state index is 13.5. The second kappa shape index (κ2) is 4.53. The van der Waals surface area contributed by atoms with E-state index in [1.807, 2.05) is 0 Å². The van der Waals surface area contributed by atoms with Gasteiger partial charge in [-0.25, -0.2) is 14.4 Å². The zero-order valence-electron chi connectivity index (χ0n) is 8.76. The van der Waals surface area contributed by atoms with Crippen LogP contribution in [-0.2, 0) is 0 Å². The Labute approximate surface area is 88.3 Å². The van der Waals surface area contributed by atoms with E-state index in [0.29, 0.717) is 11.5 Å². The number of nitrogens with zero attached hydrogens (tertiary/aromatic N) is 2. The molecule has 1 atom stereocenters. The van der Waals surface area contributed by atoms with Gasteiger partial charge in [0.25, 0.3) is 0 Å². The zero-order chi connectivity index (χ0) is 10.7. The molecular formula is C10H15FN4. The Morgan fingerprint density at radius 2 is 2.40 bits per heavy atom. The predicted octanol–water partition coefficient (Wildman–Crippen LogP) is 1.09. The van der Waals surface area contributed by atoms with E-state index in [1.165, 1.54) is 6.33 Å². The lowest BCUT2D eigenvalue weighted by Crippen LogP contribution is -2.38. The minimum Gasteiger partial charge on any atom is -0.364 e. The van der Waals surface area contributed by atoms with E-state index < -0.39 is 0 Å². The van der Waals surface area contributed by atoms with Crippen molar-refractivity contribution < 1.29 is 4.39 Å². The van der Waals surface area contributed by atoms with Gasteiger partial charge in [-0.1, -0.05) is 0 Å². The lowest BCUT2D eigenvalue weighted by molar-refractivity contribution is 0.475. The SMILES string of the molecule is Cc1ncnc(NC2CCCNC2)c1F. The number of rotatable bonds is 2. The van der Waals surface area contributed by atoms with Gasteiger partial charge >= 0.3 is 0 Å². The van der Waals surface area contributed by atoms with Crippen LogP contribution in [0.1, 0.15) is 18.5 Å². The van der Waals surface area contributed by atoms with Crippen LogP contribution in [0.15, 0.2) is 6.33 Å². The van der Waals surface area contributed by atoms with Crippen molar-refractivity contribution in [3.05, 3.63) is 17.8 Å². The normalized spacial score (nSPS) is 21.3. The van der Waals surface area contributed by atoms with Crippen molar-refractivity contribution in [3.63, 3.8) is 0 Å². The van der Waals surface area contributed by atoms with Gasteiger partial charge in [0, 0.05) is 12.6 Å². The maximum Gasteiger partial charge on any atom is 0.186 e. The number of piperidine rings is 1. The van der Waals surface area contributed by atoms with E-state index in [2.05, 4.69) is 20.6 Å². The summed E-state index contributed by atoms with van der Waals surface area (Å²) in [5.41, 5.74) is 0.385. The molecule has 0 aliphatic carbocycles. The van der Waals surface area contributed by atoms with Crippen LogP contribution in [-0.4, -0.2) is 29.1 Å². The first-order chi connectivity index (χ1) is 7.27. The van der Waals surface area contributed by atoms with Crippen LogP contribution in [0, 0.1) is 12.7 Å². The Morgan fingerprint density at radius 3 is 3.13 bits per heavy atom. The van der Waals surface area contributed by atoms with Crippen LogP contribution in [0.5, 0.6) is 0 Å². The summed E-state index contributed by atoms with van der Waals surface area (Å²) in [7, 11) is 0. The van der Waals surface area contributed by atoms with Crippen LogP contribution in [0.4, 0.5) is 10.2 Å². The summed E-state index contributed by atoms with van der Waals surface area (Å²) in [6.07, 6.45) is 3.55. The summed E-state index contributed by atoms with van der Waals surface area (Å²) in [6, 6.07) is 0.266.